The van der Waals surface area contributed by atoms with Crippen molar-refractivity contribution in [2.45, 2.75) is 44.4 Å². The normalized spacial score (nSPS) is 18.2. The molecule has 0 spiro atoms. The van der Waals surface area contributed by atoms with E-state index in [4.69, 9.17) is 4.74 Å². The van der Waals surface area contributed by atoms with Crippen LogP contribution in [-0.2, 0) is 14.8 Å². The lowest BCUT2D eigenvalue weighted by Gasteiger charge is -2.14. The first-order chi connectivity index (χ1) is 8.06. The highest BCUT2D eigenvalue weighted by Gasteiger charge is 2.25. The van der Waals surface area contributed by atoms with Crippen LogP contribution >= 0.6 is 0 Å². The van der Waals surface area contributed by atoms with E-state index in [1.54, 1.807) is 6.92 Å². The van der Waals surface area contributed by atoms with Gasteiger partial charge in [-0.05, 0) is 33.1 Å². The van der Waals surface area contributed by atoms with Gasteiger partial charge < -0.3 is 10.1 Å². The summed E-state index contributed by atoms with van der Waals surface area (Å²) in [6, 6.07) is 0.547. The van der Waals surface area contributed by atoms with Crippen LogP contribution in [0.25, 0.3) is 0 Å². The molecule has 0 saturated heterocycles. The molecule has 0 aliphatic heterocycles. The van der Waals surface area contributed by atoms with E-state index >= 15 is 0 Å². The van der Waals surface area contributed by atoms with Crippen LogP contribution in [0.4, 0.5) is 0 Å². The Bertz CT molecular complexity index is 302. The minimum atomic E-state index is -3.18. The van der Waals surface area contributed by atoms with Crippen molar-refractivity contribution in [3.8, 4) is 0 Å². The van der Waals surface area contributed by atoms with Crippen molar-refractivity contribution in [2.75, 3.05) is 26.3 Å². The maximum Gasteiger partial charge on any atom is 0.215 e. The van der Waals surface area contributed by atoms with Crippen molar-refractivity contribution in [3.63, 3.8) is 0 Å². The van der Waals surface area contributed by atoms with E-state index in [9.17, 15) is 8.42 Å². The Kier molecular flexibility index (Phi) is 6.40. The second kappa shape index (κ2) is 7.31. The molecule has 17 heavy (non-hydrogen) atoms. The average molecular weight is 264 g/mol. The third-order valence-electron chi connectivity index (χ3n) is 2.77. The summed E-state index contributed by atoms with van der Waals surface area (Å²) in [6.45, 7) is 5.93. The summed E-state index contributed by atoms with van der Waals surface area (Å²) in [5.41, 5.74) is 0. The fraction of sp³-hybridized carbons (Fsp3) is 1.00. The molecule has 0 heterocycles. The molecule has 0 radical (unpaired) electrons. The van der Waals surface area contributed by atoms with E-state index in [2.05, 4.69) is 10.0 Å². The SMILES string of the molecule is CCOCCCNS(=O)(=O)C(C)CNC1CC1. The molecule has 0 aromatic heterocycles. The summed E-state index contributed by atoms with van der Waals surface area (Å²) >= 11 is 0. The van der Waals surface area contributed by atoms with Crippen LogP contribution < -0.4 is 10.0 Å². The smallest absolute Gasteiger partial charge is 0.215 e. The molecule has 1 unspecified atom stereocenters. The molecule has 0 bridgehead atoms. The Morgan fingerprint density at radius 1 is 1.41 bits per heavy atom. The molecule has 1 aliphatic carbocycles. The first-order valence-corrected chi connectivity index (χ1v) is 7.90. The van der Waals surface area contributed by atoms with Gasteiger partial charge in [0.25, 0.3) is 0 Å². The van der Waals surface area contributed by atoms with Crippen LogP contribution in [0.2, 0.25) is 0 Å². The second-order valence-electron chi connectivity index (χ2n) is 4.48. The lowest BCUT2D eigenvalue weighted by molar-refractivity contribution is 0.146. The first-order valence-electron chi connectivity index (χ1n) is 6.36. The van der Waals surface area contributed by atoms with Gasteiger partial charge in [0.15, 0.2) is 0 Å². The number of hydrogen-bond acceptors (Lipinski definition) is 4. The number of hydrogen-bond donors (Lipinski definition) is 2. The van der Waals surface area contributed by atoms with Crippen LogP contribution in [-0.4, -0.2) is 46.0 Å². The maximum absolute atomic E-state index is 11.8. The van der Waals surface area contributed by atoms with Gasteiger partial charge in [0.1, 0.15) is 0 Å². The largest absolute Gasteiger partial charge is 0.382 e. The van der Waals surface area contributed by atoms with Crippen molar-refractivity contribution < 1.29 is 13.2 Å². The summed E-state index contributed by atoms with van der Waals surface area (Å²) in [6.07, 6.45) is 3.07. The summed E-state index contributed by atoms with van der Waals surface area (Å²) in [5, 5.41) is 2.85. The highest BCUT2D eigenvalue weighted by molar-refractivity contribution is 7.90. The molecule has 102 valence electrons. The Labute approximate surface area is 104 Å². The van der Waals surface area contributed by atoms with Gasteiger partial charge in [-0.1, -0.05) is 0 Å². The fourth-order valence-electron chi connectivity index (χ4n) is 1.41. The van der Waals surface area contributed by atoms with E-state index in [1.165, 1.54) is 12.8 Å². The molecule has 1 saturated carbocycles. The standard InChI is InChI=1S/C11H24N2O3S/c1-3-16-8-4-7-13-17(14,15)10(2)9-12-11-5-6-11/h10-13H,3-9H2,1-2H3. The van der Waals surface area contributed by atoms with Crippen LogP contribution in [0.1, 0.15) is 33.1 Å². The third kappa shape index (κ3) is 6.35. The zero-order valence-electron chi connectivity index (χ0n) is 10.7. The second-order valence-corrected chi connectivity index (χ2v) is 6.67. The van der Waals surface area contributed by atoms with Crippen LogP contribution in [0.3, 0.4) is 0 Å². The summed E-state index contributed by atoms with van der Waals surface area (Å²) < 4.78 is 31.4. The molecular weight excluding hydrogens is 240 g/mol. The molecule has 0 aromatic carbocycles. The van der Waals surface area contributed by atoms with Crippen molar-refractivity contribution in [3.05, 3.63) is 0 Å². The number of sulfonamides is 1. The molecule has 1 rings (SSSR count). The number of rotatable bonds is 10. The quantitative estimate of drug-likeness (QED) is 0.563. The molecule has 6 heteroatoms. The number of ether oxygens (including phenoxy) is 1. The molecule has 1 aliphatic rings. The van der Waals surface area contributed by atoms with E-state index in [-0.39, 0.29) is 5.25 Å². The first kappa shape index (κ1) is 14.9. The van der Waals surface area contributed by atoms with Gasteiger partial charge in [-0.2, -0.15) is 0 Å². The van der Waals surface area contributed by atoms with Crippen molar-refractivity contribution in [2.24, 2.45) is 0 Å². The third-order valence-corrected chi connectivity index (χ3v) is 4.61. The van der Waals surface area contributed by atoms with E-state index in [0.29, 0.717) is 32.3 Å². The van der Waals surface area contributed by atoms with Gasteiger partial charge in [0.2, 0.25) is 10.0 Å². The Morgan fingerprint density at radius 3 is 2.71 bits per heavy atom. The number of nitrogens with one attached hydrogen (secondary N) is 2. The molecule has 0 aromatic rings. The zero-order valence-corrected chi connectivity index (χ0v) is 11.6. The zero-order chi connectivity index (χ0) is 12.7. The van der Waals surface area contributed by atoms with Crippen LogP contribution in [0.5, 0.6) is 0 Å². The lowest BCUT2D eigenvalue weighted by atomic mass is 10.4. The minimum Gasteiger partial charge on any atom is -0.382 e. The molecule has 1 atom stereocenters. The highest BCUT2D eigenvalue weighted by atomic mass is 32.2. The molecule has 0 amide bonds. The average Bonchev–Trinajstić information content (AvgIpc) is 3.09. The lowest BCUT2D eigenvalue weighted by Crippen LogP contribution is -2.40. The van der Waals surface area contributed by atoms with Crippen LogP contribution in [0, 0.1) is 0 Å². The predicted octanol–water partition coefficient (Wildman–Crippen LogP) is 0.473. The Balaban J connectivity index is 2.13. The van der Waals surface area contributed by atoms with Gasteiger partial charge in [-0.15, -0.1) is 0 Å². The minimum absolute atomic E-state index is 0.379. The van der Waals surface area contributed by atoms with Gasteiger partial charge in [0, 0.05) is 32.3 Å². The predicted molar refractivity (Wildman–Crippen MR) is 68.5 cm³/mol. The molecule has 1 fully saturated rings. The molecule has 2 N–H and O–H groups in total. The monoisotopic (exact) mass is 264 g/mol. The van der Waals surface area contributed by atoms with Gasteiger partial charge >= 0.3 is 0 Å². The maximum atomic E-state index is 11.8. The van der Waals surface area contributed by atoms with Gasteiger partial charge in [-0.25, -0.2) is 13.1 Å². The van der Waals surface area contributed by atoms with E-state index in [0.717, 1.165) is 6.42 Å². The molecule has 5 nitrogen and oxygen atoms in total. The van der Waals surface area contributed by atoms with Gasteiger partial charge in [0.05, 0.1) is 5.25 Å². The molecular formula is C11H24N2O3S. The Morgan fingerprint density at radius 2 is 2.12 bits per heavy atom. The summed E-state index contributed by atoms with van der Waals surface area (Å²) in [5.74, 6) is 0. The topological polar surface area (TPSA) is 67.4 Å². The fourth-order valence-corrected chi connectivity index (χ4v) is 2.43. The summed E-state index contributed by atoms with van der Waals surface area (Å²) in [7, 11) is -3.18. The van der Waals surface area contributed by atoms with E-state index in [1.807, 2.05) is 6.92 Å². The Hall–Kier alpha value is -0.170. The van der Waals surface area contributed by atoms with Gasteiger partial charge in [-0.3, -0.25) is 0 Å². The summed E-state index contributed by atoms with van der Waals surface area (Å²) in [4.78, 5) is 0. The van der Waals surface area contributed by atoms with Crippen LogP contribution in [0.15, 0.2) is 0 Å². The highest BCUT2D eigenvalue weighted by Crippen LogP contribution is 2.18. The van der Waals surface area contributed by atoms with Crippen molar-refractivity contribution >= 4 is 10.0 Å². The van der Waals surface area contributed by atoms with E-state index < -0.39 is 10.0 Å². The van der Waals surface area contributed by atoms with Crippen molar-refractivity contribution in [1.82, 2.24) is 10.0 Å². The van der Waals surface area contributed by atoms with Crippen molar-refractivity contribution in [1.29, 1.82) is 0 Å².